The molecule has 3 N–H and O–H groups in total. The number of aliphatic imine (C=N–C) groups is 1. The van der Waals surface area contributed by atoms with E-state index in [1.807, 2.05) is 32.3 Å². The summed E-state index contributed by atoms with van der Waals surface area (Å²) in [7, 11) is 7.38. The molecule has 6 nitrogen and oxygen atoms in total. The molecule has 0 aromatic heterocycles. The lowest BCUT2D eigenvalue weighted by molar-refractivity contribution is 0.303. The number of hydrogen-bond acceptors (Lipinski definition) is 4. The van der Waals surface area contributed by atoms with E-state index in [1.54, 1.807) is 14.2 Å². The van der Waals surface area contributed by atoms with Crippen LogP contribution in [0.25, 0.3) is 0 Å². The summed E-state index contributed by atoms with van der Waals surface area (Å²) in [6.07, 6.45) is 6.25. The van der Waals surface area contributed by atoms with Gasteiger partial charge in [0.2, 0.25) is 0 Å². The van der Waals surface area contributed by atoms with E-state index in [0.29, 0.717) is 18.5 Å². The van der Waals surface area contributed by atoms with Crippen molar-refractivity contribution in [3.63, 3.8) is 0 Å². The molecule has 0 spiro atoms. The zero-order chi connectivity index (χ0) is 18.2. The highest BCUT2D eigenvalue weighted by Gasteiger charge is 2.17. The van der Waals surface area contributed by atoms with Gasteiger partial charge in [0.25, 0.3) is 0 Å². The Bertz CT molecular complexity index is 569. The average molecular weight is 348 g/mol. The predicted octanol–water partition coefficient (Wildman–Crippen LogP) is 2.54. The molecule has 1 atom stereocenters. The first kappa shape index (κ1) is 19.4. The smallest absolute Gasteiger partial charge is 0.188 e. The summed E-state index contributed by atoms with van der Waals surface area (Å²) in [4.78, 5) is 6.72. The molecule has 1 aromatic carbocycles. The lowest BCUT2D eigenvalue weighted by Crippen LogP contribution is -2.41. The van der Waals surface area contributed by atoms with Crippen molar-refractivity contribution in [2.75, 3.05) is 34.9 Å². The van der Waals surface area contributed by atoms with E-state index < -0.39 is 0 Å². The third-order valence-electron chi connectivity index (χ3n) is 4.81. The van der Waals surface area contributed by atoms with Gasteiger partial charge in [-0.25, -0.2) is 0 Å². The minimum atomic E-state index is 0.117. The number of ether oxygens (including phenoxy) is 2. The van der Waals surface area contributed by atoms with Gasteiger partial charge >= 0.3 is 0 Å². The summed E-state index contributed by atoms with van der Waals surface area (Å²) in [5, 5.41) is 3.37. The van der Waals surface area contributed by atoms with Crippen molar-refractivity contribution in [3.8, 4) is 11.5 Å². The zero-order valence-corrected chi connectivity index (χ0v) is 15.9. The number of likely N-dealkylation sites (N-methyl/N-ethyl adjacent to an activating group) is 1. The Morgan fingerprint density at radius 2 is 1.88 bits per heavy atom. The minimum Gasteiger partial charge on any atom is -0.493 e. The van der Waals surface area contributed by atoms with E-state index in [9.17, 15) is 0 Å². The second-order valence-electron chi connectivity index (χ2n) is 6.80. The van der Waals surface area contributed by atoms with E-state index in [1.165, 1.54) is 32.1 Å². The van der Waals surface area contributed by atoms with Gasteiger partial charge in [0, 0.05) is 6.04 Å². The molecule has 25 heavy (non-hydrogen) atoms. The number of methoxy groups -OCH3 is 2. The SMILES string of the molecule is COc1ccc(C(CN=C(N)NC2CCCCC2)N(C)C)cc1OC. The van der Waals surface area contributed by atoms with Gasteiger partial charge in [-0.15, -0.1) is 0 Å². The fourth-order valence-electron chi connectivity index (χ4n) is 3.31. The molecule has 0 bridgehead atoms. The van der Waals surface area contributed by atoms with Crippen molar-refractivity contribution >= 4 is 5.96 Å². The fraction of sp³-hybridized carbons (Fsp3) is 0.632. The number of hydrogen-bond donors (Lipinski definition) is 2. The van der Waals surface area contributed by atoms with Crippen molar-refractivity contribution in [1.29, 1.82) is 0 Å². The van der Waals surface area contributed by atoms with Crippen LogP contribution in [0.1, 0.15) is 43.7 Å². The number of nitrogens with one attached hydrogen (secondary N) is 1. The maximum atomic E-state index is 6.11. The molecule has 1 unspecified atom stereocenters. The maximum absolute atomic E-state index is 6.11. The highest BCUT2D eigenvalue weighted by atomic mass is 16.5. The predicted molar refractivity (Wildman–Crippen MR) is 102 cm³/mol. The Balaban J connectivity index is 2.06. The molecule has 1 aliphatic rings. The Morgan fingerprint density at radius 1 is 1.20 bits per heavy atom. The third kappa shape index (κ3) is 5.53. The van der Waals surface area contributed by atoms with Crippen molar-refractivity contribution in [3.05, 3.63) is 23.8 Å². The molecular weight excluding hydrogens is 316 g/mol. The Morgan fingerprint density at radius 3 is 2.48 bits per heavy atom. The largest absolute Gasteiger partial charge is 0.493 e. The molecule has 1 aromatic rings. The number of nitrogens with zero attached hydrogens (tertiary/aromatic N) is 2. The first-order valence-electron chi connectivity index (χ1n) is 9.00. The lowest BCUT2D eigenvalue weighted by atomic mass is 9.96. The molecular formula is C19H32N4O2. The van der Waals surface area contributed by atoms with E-state index >= 15 is 0 Å². The van der Waals surface area contributed by atoms with Crippen molar-refractivity contribution in [1.82, 2.24) is 10.2 Å². The van der Waals surface area contributed by atoms with Crippen LogP contribution in [-0.2, 0) is 0 Å². The average Bonchev–Trinajstić information content (AvgIpc) is 2.62. The van der Waals surface area contributed by atoms with Crippen LogP contribution in [0.2, 0.25) is 0 Å². The van der Waals surface area contributed by atoms with Crippen LogP contribution >= 0.6 is 0 Å². The van der Waals surface area contributed by atoms with Gasteiger partial charge < -0.3 is 25.4 Å². The van der Waals surface area contributed by atoms with Crippen LogP contribution in [0.5, 0.6) is 11.5 Å². The van der Waals surface area contributed by atoms with Gasteiger partial charge in [-0.05, 0) is 44.6 Å². The van der Waals surface area contributed by atoms with Gasteiger partial charge in [-0.2, -0.15) is 0 Å². The normalized spacial score (nSPS) is 17.4. The van der Waals surface area contributed by atoms with E-state index in [4.69, 9.17) is 15.2 Å². The fourth-order valence-corrected chi connectivity index (χ4v) is 3.31. The van der Waals surface area contributed by atoms with Crippen molar-refractivity contribution < 1.29 is 9.47 Å². The second kappa shape index (κ2) is 9.51. The van der Waals surface area contributed by atoms with Gasteiger partial charge in [-0.1, -0.05) is 25.3 Å². The molecule has 0 aliphatic heterocycles. The summed E-state index contributed by atoms with van der Waals surface area (Å²) < 4.78 is 10.7. The van der Waals surface area contributed by atoms with Crippen LogP contribution < -0.4 is 20.5 Å². The van der Waals surface area contributed by atoms with Crippen LogP contribution in [-0.4, -0.2) is 51.8 Å². The summed E-state index contributed by atoms with van der Waals surface area (Å²) in [6.45, 7) is 0.591. The van der Waals surface area contributed by atoms with Crippen LogP contribution in [0.4, 0.5) is 0 Å². The molecule has 6 heteroatoms. The van der Waals surface area contributed by atoms with E-state index in [-0.39, 0.29) is 6.04 Å². The molecule has 1 saturated carbocycles. The van der Waals surface area contributed by atoms with Gasteiger partial charge in [0.05, 0.1) is 26.8 Å². The monoisotopic (exact) mass is 348 g/mol. The lowest BCUT2D eigenvalue weighted by Gasteiger charge is -2.25. The first-order chi connectivity index (χ1) is 12.0. The Kier molecular flexibility index (Phi) is 7.37. The molecule has 140 valence electrons. The Hall–Kier alpha value is -1.95. The molecule has 0 saturated heterocycles. The zero-order valence-electron chi connectivity index (χ0n) is 15.9. The highest BCUT2D eigenvalue weighted by Crippen LogP contribution is 2.31. The summed E-state index contributed by atoms with van der Waals surface area (Å²) >= 11 is 0. The van der Waals surface area contributed by atoms with Crippen LogP contribution in [0, 0.1) is 0 Å². The minimum absolute atomic E-state index is 0.117. The molecule has 2 rings (SSSR count). The van der Waals surface area contributed by atoms with E-state index in [2.05, 4.69) is 15.2 Å². The number of guanidine groups is 1. The van der Waals surface area contributed by atoms with Crippen molar-refractivity contribution in [2.24, 2.45) is 10.7 Å². The quantitative estimate of drug-likeness (QED) is 0.585. The Labute approximate surface area is 151 Å². The highest BCUT2D eigenvalue weighted by molar-refractivity contribution is 5.78. The van der Waals surface area contributed by atoms with Gasteiger partial charge in [0.1, 0.15) is 0 Å². The van der Waals surface area contributed by atoms with Crippen LogP contribution in [0.3, 0.4) is 0 Å². The summed E-state index contributed by atoms with van der Waals surface area (Å²) in [6, 6.07) is 6.57. The van der Waals surface area contributed by atoms with Crippen molar-refractivity contribution in [2.45, 2.75) is 44.2 Å². The molecule has 0 heterocycles. The van der Waals surface area contributed by atoms with Crippen LogP contribution in [0.15, 0.2) is 23.2 Å². The van der Waals surface area contributed by atoms with E-state index in [0.717, 1.165) is 17.1 Å². The van der Waals surface area contributed by atoms with Gasteiger partial charge in [0.15, 0.2) is 17.5 Å². The standard InChI is InChI=1S/C19H32N4O2/c1-23(2)16(14-10-11-17(24-3)18(12-14)25-4)13-21-19(20)22-15-8-6-5-7-9-15/h10-12,15-16H,5-9,13H2,1-4H3,(H3,20,21,22). The molecule has 0 radical (unpaired) electrons. The third-order valence-corrected chi connectivity index (χ3v) is 4.81. The molecule has 1 fully saturated rings. The maximum Gasteiger partial charge on any atom is 0.188 e. The molecule has 1 aliphatic carbocycles. The summed E-state index contributed by atoms with van der Waals surface area (Å²) in [5.74, 6) is 1.99. The number of nitrogens with two attached hydrogens (primary N) is 1. The second-order valence-corrected chi connectivity index (χ2v) is 6.80. The number of rotatable bonds is 7. The first-order valence-corrected chi connectivity index (χ1v) is 9.00. The topological polar surface area (TPSA) is 72.1 Å². The summed E-state index contributed by atoms with van der Waals surface area (Å²) in [5.41, 5.74) is 7.23. The number of benzene rings is 1. The molecule has 0 amide bonds. The van der Waals surface area contributed by atoms with Gasteiger partial charge in [-0.3, -0.25) is 4.99 Å².